The number of carboxylic acids is 1. The number of carboxylic acid groups (broad SMARTS) is 1. The van der Waals surface area contributed by atoms with Gasteiger partial charge in [-0.05, 0) is 31.2 Å². The van der Waals surface area contributed by atoms with Gasteiger partial charge in [-0.1, -0.05) is 22.9 Å². The van der Waals surface area contributed by atoms with Crippen LogP contribution < -0.4 is 0 Å². The lowest BCUT2D eigenvalue weighted by Crippen LogP contribution is -2.43. The Morgan fingerprint density at radius 2 is 2.29 bits per heavy atom. The zero-order valence-corrected chi connectivity index (χ0v) is 13.5. The highest BCUT2D eigenvalue weighted by Crippen LogP contribution is 2.24. The molecule has 1 aliphatic heterocycles. The maximum absolute atomic E-state index is 13.9. The molecule has 0 radical (unpaired) electrons. The van der Waals surface area contributed by atoms with E-state index >= 15 is 0 Å². The van der Waals surface area contributed by atoms with Crippen LogP contribution in [0.5, 0.6) is 0 Å². The Kier molecular flexibility index (Phi) is 5.72. The average Bonchev–Trinajstić information content (AvgIpc) is 2.91. The average molecular weight is 360 g/mol. The molecule has 4 nitrogen and oxygen atoms in total. The molecule has 0 aliphatic carbocycles. The number of nitrogens with zero attached hydrogens (tertiary/aromatic N) is 1. The first-order valence-corrected chi connectivity index (χ1v) is 7.80. The Morgan fingerprint density at radius 1 is 1.52 bits per heavy atom. The third-order valence-corrected chi connectivity index (χ3v) is 4.22. The SMILES string of the molecule is CCCN(Cc1cc(Br)ccc1F)C1COCC1C(=O)O. The molecular formula is C15H19BrFNO3. The summed E-state index contributed by atoms with van der Waals surface area (Å²) in [6.45, 7) is 3.73. The second-order valence-corrected chi connectivity index (χ2v) is 6.17. The van der Waals surface area contributed by atoms with E-state index in [2.05, 4.69) is 15.9 Å². The smallest absolute Gasteiger partial charge is 0.310 e. The molecule has 6 heteroatoms. The highest BCUT2D eigenvalue weighted by atomic mass is 79.9. The van der Waals surface area contributed by atoms with Crippen molar-refractivity contribution in [3.8, 4) is 0 Å². The van der Waals surface area contributed by atoms with Crippen LogP contribution in [0.25, 0.3) is 0 Å². The molecule has 116 valence electrons. The van der Waals surface area contributed by atoms with Crippen LogP contribution in [0.15, 0.2) is 22.7 Å². The van der Waals surface area contributed by atoms with Gasteiger partial charge in [0.2, 0.25) is 0 Å². The van der Waals surface area contributed by atoms with Crippen molar-refractivity contribution in [3.05, 3.63) is 34.1 Å². The van der Waals surface area contributed by atoms with E-state index in [1.54, 1.807) is 12.1 Å². The molecule has 0 amide bonds. The van der Waals surface area contributed by atoms with Crippen molar-refractivity contribution in [1.29, 1.82) is 0 Å². The topological polar surface area (TPSA) is 49.8 Å². The molecule has 0 spiro atoms. The standard InChI is InChI=1S/C15H19BrFNO3/c1-2-5-18(14-9-21-8-12(14)15(19)20)7-10-6-11(16)3-4-13(10)17/h3-4,6,12,14H,2,5,7-9H2,1H3,(H,19,20). The molecule has 1 aliphatic rings. The second kappa shape index (κ2) is 7.33. The van der Waals surface area contributed by atoms with Gasteiger partial charge in [-0.15, -0.1) is 0 Å². The van der Waals surface area contributed by atoms with Gasteiger partial charge in [-0.25, -0.2) is 4.39 Å². The Hall–Kier alpha value is -0.980. The highest BCUT2D eigenvalue weighted by molar-refractivity contribution is 9.10. The number of rotatable bonds is 6. The Bertz CT molecular complexity index is 512. The van der Waals surface area contributed by atoms with Crippen LogP contribution in [-0.2, 0) is 16.1 Å². The number of halogens is 2. The van der Waals surface area contributed by atoms with E-state index in [4.69, 9.17) is 4.74 Å². The maximum atomic E-state index is 13.9. The number of aliphatic carboxylic acids is 1. The van der Waals surface area contributed by atoms with Gasteiger partial charge in [0.05, 0.1) is 19.1 Å². The molecule has 1 saturated heterocycles. The molecule has 2 atom stereocenters. The third kappa shape index (κ3) is 4.02. The predicted molar refractivity (Wildman–Crippen MR) is 80.5 cm³/mol. The molecule has 1 fully saturated rings. The van der Waals surface area contributed by atoms with Crippen LogP contribution in [0.4, 0.5) is 4.39 Å². The van der Waals surface area contributed by atoms with E-state index in [0.29, 0.717) is 25.3 Å². The fraction of sp³-hybridized carbons (Fsp3) is 0.533. The molecule has 2 unspecified atom stereocenters. The first-order chi connectivity index (χ1) is 10.0. The first kappa shape index (κ1) is 16.4. The fourth-order valence-corrected chi connectivity index (χ4v) is 3.08. The highest BCUT2D eigenvalue weighted by Gasteiger charge is 2.37. The molecule has 1 heterocycles. The monoisotopic (exact) mass is 359 g/mol. The summed E-state index contributed by atoms with van der Waals surface area (Å²) in [5.41, 5.74) is 0.564. The van der Waals surface area contributed by atoms with Crippen LogP contribution in [0.2, 0.25) is 0 Å². The summed E-state index contributed by atoms with van der Waals surface area (Å²) in [7, 11) is 0. The second-order valence-electron chi connectivity index (χ2n) is 5.26. The van der Waals surface area contributed by atoms with Crippen LogP contribution in [-0.4, -0.2) is 41.8 Å². The van der Waals surface area contributed by atoms with Crippen molar-refractivity contribution in [1.82, 2.24) is 4.90 Å². The quantitative estimate of drug-likeness (QED) is 0.848. The summed E-state index contributed by atoms with van der Waals surface area (Å²) in [5.74, 6) is -1.68. The molecule has 1 N–H and O–H groups in total. The summed E-state index contributed by atoms with van der Waals surface area (Å²) in [5, 5.41) is 9.28. The normalized spacial score (nSPS) is 21.9. The van der Waals surface area contributed by atoms with Crippen LogP contribution in [0.3, 0.4) is 0 Å². The molecule has 0 bridgehead atoms. The van der Waals surface area contributed by atoms with Crippen molar-refractivity contribution in [2.75, 3.05) is 19.8 Å². The zero-order valence-electron chi connectivity index (χ0n) is 11.9. The minimum absolute atomic E-state index is 0.208. The van der Waals surface area contributed by atoms with Gasteiger partial charge in [0.15, 0.2) is 0 Å². The van der Waals surface area contributed by atoms with Crippen molar-refractivity contribution in [2.24, 2.45) is 5.92 Å². The minimum atomic E-state index is -0.853. The molecular weight excluding hydrogens is 341 g/mol. The van der Waals surface area contributed by atoms with E-state index in [0.717, 1.165) is 10.9 Å². The Morgan fingerprint density at radius 3 is 2.95 bits per heavy atom. The molecule has 1 aromatic carbocycles. The summed E-state index contributed by atoms with van der Waals surface area (Å²) in [4.78, 5) is 13.3. The van der Waals surface area contributed by atoms with Gasteiger partial charge in [-0.2, -0.15) is 0 Å². The van der Waals surface area contributed by atoms with Crippen LogP contribution in [0, 0.1) is 11.7 Å². The molecule has 2 rings (SSSR count). The van der Waals surface area contributed by atoms with Crippen LogP contribution in [0.1, 0.15) is 18.9 Å². The Labute approximate surface area is 132 Å². The lowest BCUT2D eigenvalue weighted by Gasteiger charge is -2.30. The number of carbonyl (C=O) groups is 1. The van der Waals surface area contributed by atoms with E-state index in [-0.39, 0.29) is 18.5 Å². The van der Waals surface area contributed by atoms with E-state index in [1.807, 2.05) is 11.8 Å². The lowest BCUT2D eigenvalue weighted by molar-refractivity contribution is -0.143. The van der Waals surface area contributed by atoms with Gasteiger partial charge in [0, 0.05) is 22.6 Å². The number of hydrogen-bond acceptors (Lipinski definition) is 3. The zero-order chi connectivity index (χ0) is 15.4. The summed E-state index contributed by atoms with van der Waals surface area (Å²) in [6, 6.07) is 4.61. The van der Waals surface area contributed by atoms with Crippen molar-refractivity contribution >= 4 is 21.9 Å². The van der Waals surface area contributed by atoms with Gasteiger partial charge >= 0.3 is 5.97 Å². The summed E-state index contributed by atoms with van der Waals surface area (Å²) in [6.07, 6.45) is 0.873. The lowest BCUT2D eigenvalue weighted by atomic mass is 10.0. The van der Waals surface area contributed by atoms with Crippen molar-refractivity contribution in [3.63, 3.8) is 0 Å². The van der Waals surface area contributed by atoms with Crippen molar-refractivity contribution in [2.45, 2.75) is 25.9 Å². The molecule has 21 heavy (non-hydrogen) atoms. The first-order valence-electron chi connectivity index (χ1n) is 7.01. The van der Waals surface area contributed by atoms with Gasteiger partial charge in [-0.3, -0.25) is 9.69 Å². The van der Waals surface area contributed by atoms with E-state index in [9.17, 15) is 14.3 Å². The van der Waals surface area contributed by atoms with Gasteiger partial charge < -0.3 is 9.84 Å². The molecule has 1 aromatic rings. The fourth-order valence-electron chi connectivity index (χ4n) is 2.67. The molecule has 0 aromatic heterocycles. The van der Waals surface area contributed by atoms with Crippen molar-refractivity contribution < 1.29 is 19.0 Å². The minimum Gasteiger partial charge on any atom is -0.481 e. The van der Waals surface area contributed by atoms with E-state index < -0.39 is 11.9 Å². The van der Waals surface area contributed by atoms with Gasteiger partial charge in [0.1, 0.15) is 5.82 Å². The van der Waals surface area contributed by atoms with Crippen LogP contribution >= 0.6 is 15.9 Å². The number of hydrogen-bond donors (Lipinski definition) is 1. The number of benzene rings is 1. The van der Waals surface area contributed by atoms with Gasteiger partial charge in [0.25, 0.3) is 0 Å². The summed E-state index contributed by atoms with van der Waals surface area (Å²) >= 11 is 3.34. The largest absolute Gasteiger partial charge is 0.481 e. The van der Waals surface area contributed by atoms with E-state index in [1.165, 1.54) is 6.07 Å². The Balaban J connectivity index is 2.18. The molecule has 0 saturated carbocycles. The predicted octanol–water partition coefficient (Wildman–Crippen LogP) is 2.90. The summed E-state index contributed by atoms with van der Waals surface area (Å²) < 4.78 is 20.1. The third-order valence-electron chi connectivity index (χ3n) is 3.73. The number of ether oxygens (including phenoxy) is 1. The maximum Gasteiger partial charge on any atom is 0.310 e.